The van der Waals surface area contributed by atoms with E-state index in [0.717, 1.165) is 37.2 Å². The summed E-state index contributed by atoms with van der Waals surface area (Å²) in [6, 6.07) is 0. The Morgan fingerprint density at radius 3 is 2.15 bits per heavy atom. The van der Waals surface area contributed by atoms with Crippen LogP contribution in [0.2, 0.25) is 0 Å². The quantitative estimate of drug-likeness (QED) is 0.486. The first-order valence-corrected chi connectivity index (χ1v) is 14.9. The fraction of sp³-hybridized carbons (Fsp3) is 1.00. The molecule has 1 saturated heterocycles. The van der Waals surface area contributed by atoms with Gasteiger partial charge in [-0.2, -0.15) is 0 Å². The highest BCUT2D eigenvalue weighted by molar-refractivity contribution is 5.30. The van der Waals surface area contributed by atoms with E-state index in [9.17, 15) is 10.2 Å². The van der Waals surface area contributed by atoms with Crippen molar-refractivity contribution in [2.24, 2.45) is 56.7 Å². The minimum absolute atomic E-state index is 0.0850. The third-order valence-electron chi connectivity index (χ3n) is 14.6. The van der Waals surface area contributed by atoms with Gasteiger partial charge in [0.1, 0.15) is 0 Å². The first-order chi connectivity index (χ1) is 15.9. The predicted octanol–water partition coefficient (Wildman–Crippen LogP) is 6.60. The average Bonchev–Trinajstić information content (AvgIpc) is 3.39. The topological polar surface area (TPSA) is 49.7 Å². The van der Waals surface area contributed by atoms with Gasteiger partial charge in [-0.1, -0.05) is 41.5 Å². The van der Waals surface area contributed by atoms with Gasteiger partial charge in [0.05, 0.1) is 24.9 Å². The Morgan fingerprint density at radius 2 is 1.50 bits per heavy atom. The summed E-state index contributed by atoms with van der Waals surface area (Å²) in [4.78, 5) is 0. The van der Waals surface area contributed by atoms with Crippen LogP contribution in [-0.2, 0) is 4.74 Å². The summed E-state index contributed by atoms with van der Waals surface area (Å²) in [5.74, 6) is 3.41. The van der Waals surface area contributed by atoms with Gasteiger partial charge < -0.3 is 14.9 Å². The minimum atomic E-state index is -0.312. The number of aliphatic hydroxyl groups is 2. The zero-order valence-electron chi connectivity index (χ0n) is 23.0. The van der Waals surface area contributed by atoms with Crippen LogP contribution in [0.3, 0.4) is 0 Å². The van der Waals surface area contributed by atoms with E-state index in [1.807, 2.05) is 0 Å². The maximum absolute atomic E-state index is 10.9. The summed E-state index contributed by atoms with van der Waals surface area (Å²) >= 11 is 0. The molecule has 0 aromatic heterocycles. The van der Waals surface area contributed by atoms with Crippen LogP contribution in [0.15, 0.2) is 0 Å². The van der Waals surface area contributed by atoms with Crippen LogP contribution >= 0.6 is 0 Å². The Morgan fingerprint density at radius 1 is 0.794 bits per heavy atom. The van der Waals surface area contributed by atoms with Gasteiger partial charge in [-0.15, -0.1) is 0 Å². The summed E-state index contributed by atoms with van der Waals surface area (Å²) in [6.07, 6.45) is 14.2. The first kappa shape index (κ1) is 24.2. The van der Waals surface area contributed by atoms with E-state index >= 15 is 0 Å². The fourth-order valence-corrected chi connectivity index (χ4v) is 12.1. The van der Waals surface area contributed by atoms with Crippen LogP contribution in [0.4, 0.5) is 0 Å². The summed E-state index contributed by atoms with van der Waals surface area (Å²) in [7, 11) is 0. The highest BCUT2D eigenvalue weighted by Gasteiger charge is 2.82. The number of ether oxygens (including phenoxy) is 1. The lowest BCUT2D eigenvalue weighted by molar-refractivity contribution is -0.183. The lowest BCUT2D eigenvalue weighted by Gasteiger charge is -2.63. The molecule has 34 heavy (non-hydrogen) atoms. The van der Waals surface area contributed by atoms with E-state index in [4.69, 9.17) is 4.74 Å². The second-order valence-electron chi connectivity index (χ2n) is 15.5. The van der Waals surface area contributed by atoms with Gasteiger partial charge in [-0.3, -0.25) is 0 Å². The average molecular weight is 473 g/mol. The van der Waals surface area contributed by atoms with Crippen molar-refractivity contribution in [2.75, 3.05) is 13.2 Å². The molecule has 3 nitrogen and oxygen atoms in total. The molecule has 2 spiro atoms. The Kier molecular flexibility index (Phi) is 5.17. The van der Waals surface area contributed by atoms with Crippen molar-refractivity contribution < 1.29 is 14.9 Å². The van der Waals surface area contributed by atoms with Crippen LogP contribution in [0.25, 0.3) is 0 Å². The molecule has 5 saturated carbocycles. The van der Waals surface area contributed by atoms with Crippen molar-refractivity contribution in [3.05, 3.63) is 0 Å². The first-order valence-electron chi connectivity index (χ1n) is 14.9. The van der Waals surface area contributed by atoms with E-state index in [2.05, 4.69) is 41.5 Å². The molecule has 10 atom stereocenters. The van der Waals surface area contributed by atoms with Crippen LogP contribution in [-0.4, -0.2) is 35.1 Å². The molecular weight excluding hydrogens is 420 g/mol. The van der Waals surface area contributed by atoms with E-state index in [-0.39, 0.29) is 23.7 Å². The second kappa shape index (κ2) is 7.25. The van der Waals surface area contributed by atoms with Crippen molar-refractivity contribution in [1.82, 2.24) is 0 Å². The van der Waals surface area contributed by atoms with Crippen molar-refractivity contribution >= 4 is 0 Å². The summed E-state index contributed by atoms with van der Waals surface area (Å²) in [5, 5.41) is 21.0. The lowest BCUT2D eigenvalue weighted by atomic mass is 9.41. The minimum Gasteiger partial charge on any atom is -0.393 e. The fourth-order valence-electron chi connectivity index (χ4n) is 12.1. The smallest absolute Gasteiger partial charge is 0.0934 e. The monoisotopic (exact) mass is 472 g/mol. The molecule has 0 aromatic carbocycles. The van der Waals surface area contributed by atoms with E-state index in [0.29, 0.717) is 33.5 Å². The second-order valence-corrected chi connectivity index (χ2v) is 15.5. The van der Waals surface area contributed by atoms with Gasteiger partial charge in [0.2, 0.25) is 0 Å². The molecule has 3 heteroatoms. The zero-order chi connectivity index (χ0) is 24.4. The van der Waals surface area contributed by atoms with Gasteiger partial charge >= 0.3 is 0 Å². The Balaban J connectivity index is 1.25. The Hall–Kier alpha value is -0.120. The number of rotatable bonds is 3. The van der Waals surface area contributed by atoms with E-state index in [1.54, 1.807) is 0 Å². The van der Waals surface area contributed by atoms with Crippen molar-refractivity contribution in [1.29, 1.82) is 0 Å². The zero-order valence-corrected chi connectivity index (χ0v) is 23.0. The maximum Gasteiger partial charge on any atom is 0.0934 e. The number of hydrogen-bond acceptors (Lipinski definition) is 3. The molecule has 0 aromatic rings. The number of hydrogen-bond donors (Lipinski definition) is 2. The Labute approximate surface area is 208 Å². The standard InChI is InChI=1S/C31H52O3/c1-20(2)31(19-32)14-9-21(17-34-31)22-10-12-28(6)24-8-7-23-26(3,4)25(33)11-13-29(23)18-30(24,29)16-15-27(22,28)5/h20-25,32-33H,7-19H2,1-6H3/t21-,22+,23-,24-,25-,27+,28-,29+,30-,31-/m0/s1. The maximum atomic E-state index is 10.9. The molecule has 6 fully saturated rings. The molecule has 1 heterocycles. The summed E-state index contributed by atoms with van der Waals surface area (Å²) < 4.78 is 6.52. The molecule has 0 unspecified atom stereocenters. The third-order valence-corrected chi connectivity index (χ3v) is 14.6. The van der Waals surface area contributed by atoms with Crippen LogP contribution < -0.4 is 0 Å². The molecule has 0 bridgehead atoms. The molecule has 1 aliphatic heterocycles. The van der Waals surface area contributed by atoms with Crippen molar-refractivity contribution in [3.63, 3.8) is 0 Å². The van der Waals surface area contributed by atoms with Crippen molar-refractivity contribution in [3.8, 4) is 0 Å². The molecule has 5 aliphatic carbocycles. The highest BCUT2D eigenvalue weighted by atomic mass is 16.5. The van der Waals surface area contributed by atoms with E-state index in [1.165, 1.54) is 57.8 Å². The van der Waals surface area contributed by atoms with Gasteiger partial charge in [-0.25, -0.2) is 0 Å². The van der Waals surface area contributed by atoms with Crippen LogP contribution in [0.5, 0.6) is 0 Å². The number of fused-ring (bicyclic) bond motifs is 2. The lowest BCUT2D eigenvalue weighted by Crippen LogP contribution is -2.58. The van der Waals surface area contributed by atoms with Crippen LogP contribution in [0, 0.1) is 56.7 Å². The summed E-state index contributed by atoms with van der Waals surface area (Å²) in [5.41, 5.74) is 1.76. The molecule has 0 amide bonds. The normalized spacial score (nSPS) is 58.0. The Bertz CT molecular complexity index is 827. The molecule has 0 radical (unpaired) electrons. The van der Waals surface area contributed by atoms with Crippen LogP contribution in [0.1, 0.15) is 112 Å². The molecular formula is C31H52O3. The molecule has 6 aliphatic rings. The largest absolute Gasteiger partial charge is 0.393 e. The van der Waals surface area contributed by atoms with E-state index < -0.39 is 0 Å². The predicted molar refractivity (Wildman–Crippen MR) is 136 cm³/mol. The molecule has 194 valence electrons. The van der Waals surface area contributed by atoms with Gasteiger partial charge in [0, 0.05) is 0 Å². The molecule has 6 rings (SSSR count). The number of aliphatic hydroxyl groups excluding tert-OH is 2. The summed E-state index contributed by atoms with van der Waals surface area (Å²) in [6.45, 7) is 15.6. The SMILES string of the molecule is CC(C)[C@@]1(CO)CC[C@H]([C@H]2CC[C@@]3(C)[C@@H]4CC[C@H]5C(C)(C)[C@@H](O)CC[C@@]56C[C@@]46CC[C@]23C)CO1. The van der Waals surface area contributed by atoms with Gasteiger partial charge in [0.15, 0.2) is 0 Å². The van der Waals surface area contributed by atoms with Crippen molar-refractivity contribution in [2.45, 2.75) is 124 Å². The third kappa shape index (κ3) is 2.66. The van der Waals surface area contributed by atoms with Gasteiger partial charge in [0.25, 0.3) is 0 Å². The molecule has 2 N–H and O–H groups in total. The van der Waals surface area contributed by atoms with Gasteiger partial charge in [-0.05, 0) is 127 Å². The highest BCUT2D eigenvalue weighted by Crippen LogP contribution is 2.89.